The molecule has 0 saturated carbocycles. The normalized spacial score (nSPS) is 13.2. The van der Waals surface area contributed by atoms with E-state index >= 15 is 0 Å². The highest BCUT2D eigenvalue weighted by Gasteiger charge is 2.15. The third kappa shape index (κ3) is 13.1. The number of carbonyl (C=O) groups excluding carboxylic acids is 1. The lowest BCUT2D eigenvalue weighted by molar-refractivity contribution is 0.0437. The Kier molecular flexibility index (Phi) is 7.91. The summed E-state index contributed by atoms with van der Waals surface area (Å²) in [6.07, 6.45) is 0.874. The molecule has 0 aromatic heterocycles. The van der Waals surface area contributed by atoms with Crippen molar-refractivity contribution in [2.75, 3.05) is 19.8 Å². The molecule has 0 aliphatic rings. The average Bonchev–Trinajstić information content (AvgIpc) is 2.12. The highest BCUT2D eigenvalue weighted by atomic mass is 16.6. The highest BCUT2D eigenvalue weighted by molar-refractivity contribution is 5.67. The summed E-state index contributed by atoms with van der Waals surface area (Å²) in [7, 11) is 0. The molecule has 0 radical (unpaired) electrons. The van der Waals surface area contributed by atoms with Gasteiger partial charge in [-0.2, -0.15) is 0 Å². The second-order valence-corrected chi connectivity index (χ2v) is 5.06. The lowest BCUT2D eigenvalue weighted by atomic mass is 10.2. The van der Waals surface area contributed by atoms with Crippen LogP contribution in [0.5, 0.6) is 0 Å². The largest absolute Gasteiger partial charge is 0.444 e. The number of ether oxygens (including phenoxy) is 2. The fourth-order valence-corrected chi connectivity index (χ4v) is 1.09. The van der Waals surface area contributed by atoms with E-state index < -0.39 is 11.7 Å². The molecule has 5 nitrogen and oxygen atoms in total. The molecule has 0 spiro atoms. The van der Waals surface area contributed by atoms with Crippen LogP contribution in [0.3, 0.4) is 0 Å². The molecular formula is C12H25NO4. The Balaban J connectivity index is 3.31. The SMILES string of the molecule is CC(O)COCCCCNC(=O)OC(C)(C)C. The zero-order valence-corrected chi connectivity index (χ0v) is 11.3. The van der Waals surface area contributed by atoms with Gasteiger partial charge in [-0.1, -0.05) is 0 Å². The Hall–Kier alpha value is -0.810. The first-order chi connectivity index (χ1) is 7.81. The van der Waals surface area contributed by atoms with Crippen LogP contribution in [0.25, 0.3) is 0 Å². The van der Waals surface area contributed by atoms with Gasteiger partial charge in [-0.05, 0) is 40.5 Å². The lowest BCUT2D eigenvalue weighted by Gasteiger charge is -2.19. The van der Waals surface area contributed by atoms with Crippen molar-refractivity contribution in [1.29, 1.82) is 0 Å². The molecule has 0 heterocycles. The molecule has 0 fully saturated rings. The fraction of sp³-hybridized carbons (Fsp3) is 0.917. The molecule has 0 bridgehead atoms. The zero-order chi connectivity index (χ0) is 13.3. The molecule has 17 heavy (non-hydrogen) atoms. The molecule has 102 valence electrons. The van der Waals surface area contributed by atoms with E-state index in [1.165, 1.54) is 0 Å². The van der Waals surface area contributed by atoms with Crippen LogP contribution in [-0.4, -0.2) is 42.7 Å². The van der Waals surface area contributed by atoms with Gasteiger partial charge in [0.25, 0.3) is 0 Å². The molecule has 0 aliphatic heterocycles. The van der Waals surface area contributed by atoms with E-state index in [1.54, 1.807) is 6.92 Å². The third-order valence-electron chi connectivity index (χ3n) is 1.74. The first-order valence-corrected chi connectivity index (χ1v) is 6.04. The van der Waals surface area contributed by atoms with Gasteiger partial charge in [-0.25, -0.2) is 4.79 Å². The first-order valence-electron chi connectivity index (χ1n) is 6.04. The maximum atomic E-state index is 11.2. The maximum absolute atomic E-state index is 11.2. The van der Waals surface area contributed by atoms with Gasteiger partial charge in [0.1, 0.15) is 5.60 Å². The van der Waals surface area contributed by atoms with Gasteiger partial charge in [0.15, 0.2) is 0 Å². The molecule has 1 atom stereocenters. The number of aliphatic hydroxyl groups excluding tert-OH is 1. The number of nitrogens with one attached hydrogen (secondary N) is 1. The predicted octanol–water partition coefficient (Wildman–Crippen LogP) is 1.69. The Morgan fingerprint density at radius 3 is 2.53 bits per heavy atom. The molecule has 0 saturated heterocycles. The molecule has 0 aromatic carbocycles. The van der Waals surface area contributed by atoms with E-state index in [1.807, 2.05) is 20.8 Å². The quantitative estimate of drug-likeness (QED) is 0.672. The minimum Gasteiger partial charge on any atom is -0.444 e. The summed E-state index contributed by atoms with van der Waals surface area (Å²) in [6.45, 7) is 8.71. The molecule has 0 aromatic rings. The van der Waals surface area contributed by atoms with Gasteiger partial charge in [-0.15, -0.1) is 0 Å². The summed E-state index contributed by atoms with van der Waals surface area (Å²) < 4.78 is 10.3. The number of hydrogen-bond acceptors (Lipinski definition) is 4. The number of rotatable bonds is 7. The van der Waals surface area contributed by atoms with Crippen molar-refractivity contribution in [2.24, 2.45) is 0 Å². The minimum atomic E-state index is -0.454. The van der Waals surface area contributed by atoms with Crippen LogP contribution < -0.4 is 5.32 Å². The molecule has 5 heteroatoms. The van der Waals surface area contributed by atoms with E-state index in [0.29, 0.717) is 19.8 Å². The Labute approximate surface area is 103 Å². The number of hydrogen-bond donors (Lipinski definition) is 2. The molecular weight excluding hydrogens is 222 g/mol. The van der Waals surface area contributed by atoms with Gasteiger partial charge < -0.3 is 19.9 Å². The van der Waals surface area contributed by atoms with E-state index in [0.717, 1.165) is 12.8 Å². The molecule has 1 unspecified atom stereocenters. The molecule has 0 aliphatic carbocycles. The van der Waals surface area contributed by atoms with Crippen LogP contribution in [0, 0.1) is 0 Å². The van der Waals surface area contributed by atoms with Crippen LogP contribution in [0.1, 0.15) is 40.5 Å². The molecule has 0 rings (SSSR count). The van der Waals surface area contributed by atoms with E-state index in [-0.39, 0.29) is 6.09 Å². The fourth-order valence-electron chi connectivity index (χ4n) is 1.09. The van der Waals surface area contributed by atoms with E-state index in [2.05, 4.69) is 5.32 Å². The summed E-state index contributed by atoms with van der Waals surface area (Å²) in [6, 6.07) is 0. The van der Waals surface area contributed by atoms with Gasteiger partial charge in [0.2, 0.25) is 0 Å². The predicted molar refractivity (Wildman–Crippen MR) is 66.0 cm³/mol. The number of amides is 1. The van der Waals surface area contributed by atoms with Gasteiger partial charge in [0.05, 0.1) is 12.7 Å². The summed E-state index contributed by atoms with van der Waals surface area (Å²) in [5.74, 6) is 0. The molecule has 2 N–H and O–H groups in total. The third-order valence-corrected chi connectivity index (χ3v) is 1.74. The van der Waals surface area contributed by atoms with Crippen LogP contribution in [0.2, 0.25) is 0 Å². The van der Waals surface area contributed by atoms with E-state index in [4.69, 9.17) is 14.6 Å². The average molecular weight is 247 g/mol. The lowest BCUT2D eigenvalue weighted by Crippen LogP contribution is -2.33. The summed E-state index contributed by atoms with van der Waals surface area (Å²) in [5.41, 5.74) is -0.454. The number of aliphatic hydroxyl groups is 1. The number of unbranched alkanes of at least 4 members (excludes halogenated alkanes) is 1. The number of carbonyl (C=O) groups is 1. The highest BCUT2D eigenvalue weighted by Crippen LogP contribution is 2.06. The van der Waals surface area contributed by atoms with Gasteiger partial charge >= 0.3 is 6.09 Å². The van der Waals surface area contributed by atoms with E-state index in [9.17, 15) is 4.79 Å². The monoisotopic (exact) mass is 247 g/mol. The van der Waals surface area contributed by atoms with Crippen molar-refractivity contribution < 1.29 is 19.4 Å². The standard InChI is InChI=1S/C12H25NO4/c1-10(14)9-16-8-6-5-7-13-11(15)17-12(2,3)4/h10,14H,5-9H2,1-4H3,(H,13,15). The topological polar surface area (TPSA) is 67.8 Å². The van der Waals surface area contributed by atoms with Gasteiger partial charge in [-0.3, -0.25) is 0 Å². The molecule has 1 amide bonds. The zero-order valence-electron chi connectivity index (χ0n) is 11.3. The van der Waals surface area contributed by atoms with Crippen LogP contribution in [0.15, 0.2) is 0 Å². The summed E-state index contributed by atoms with van der Waals surface area (Å²) >= 11 is 0. The summed E-state index contributed by atoms with van der Waals surface area (Å²) in [5, 5.41) is 11.6. The Morgan fingerprint density at radius 2 is 2.00 bits per heavy atom. The maximum Gasteiger partial charge on any atom is 0.407 e. The van der Waals surface area contributed by atoms with Crippen molar-refractivity contribution in [1.82, 2.24) is 5.32 Å². The minimum absolute atomic E-state index is 0.361. The van der Waals surface area contributed by atoms with Crippen molar-refractivity contribution in [3.8, 4) is 0 Å². The summed E-state index contributed by atoms with van der Waals surface area (Å²) in [4.78, 5) is 11.2. The van der Waals surface area contributed by atoms with Crippen molar-refractivity contribution in [2.45, 2.75) is 52.2 Å². The van der Waals surface area contributed by atoms with Crippen LogP contribution in [-0.2, 0) is 9.47 Å². The van der Waals surface area contributed by atoms with Crippen LogP contribution in [0.4, 0.5) is 4.79 Å². The Morgan fingerprint density at radius 1 is 1.35 bits per heavy atom. The number of alkyl carbamates (subject to hydrolysis) is 1. The van der Waals surface area contributed by atoms with Crippen molar-refractivity contribution in [3.05, 3.63) is 0 Å². The van der Waals surface area contributed by atoms with Crippen molar-refractivity contribution >= 4 is 6.09 Å². The second-order valence-electron chi connectivity index (χ2n) is 5.06. The second kappa shape index (κ2) is 8.31. The Bertz CT molecular complexity index is 211. The van der Waals surface area contributed by atoms with Crippen molar-refractivity contribution in [3.63, 3.8) is 0 Å². The smallest absolute Gasteiger partial charge is 0.407 e. The van der Waals surface area contributed by atoms with Gasteiger partial charge in [0, 0.05) is 13.2 Å². The van der Waals surface area contributed by atoms with Crippen LogP contribution >= 0.6 is 0 Å². The first kappa shape index (κ1) is 16.2.